The van der Waals surface area contributed by atoms with Gasteiger partial charge in [0.05, 0.1) is 6.54 Å². The molecular weight excluding hydrogens is 245 g/mol. The zero-order valence-corrected chi connectivity index (χ0v) is 11.4. The molecule has 1 heterocycles. The Hall–Kier alpha value is -1.62. The van der Waals surface area contributed by atoms with Gasteiger partial charge in [-0.25, -0.2) is 4.39 Å². The quantitative estimate of drug-likeness (QED) is 0.882. The van der Waals surface area contributed by atoms with Gasteiger partial charge in [0, 0.05) is 37.4 Å². The van der Waals surface area contributed by atoms with E-state index in [9.17, 15) is 9.18 Å². The summed E-state index contributed by atoms with van der Waals surface area (Å²) in [6.07, 6.45) is 0.872. The first-order valence-electron chi connectivity index (χ1n) is 6.53. The molecule has 1 aliphatic heterocycles. The van der Waals surface area contributed by atoms with E-state index in [1.807, 2.05) is 11.0 Å². The highest BCUT2D eigenvalue weighted by Gasteiger charge is 2.23. The molecule has 104 valence electrons. The van der Waals surface area contributed by atoms with Gasteiger partial charge in [0.1, 0.15) is 5.82 Å². The van der Waals surface area contributed by atoms with E-state index in [0.29, 0.717) is 5.56 Å². The van der Waals surface area contributed by atoms with E-state index in [1.54, 1.807) is 24.9 Å². The Morgan fingerprint density at radius 2 is 2.11 bits per heavy atom. The highest BCUT2D eigenvalue weighted by molar-refractivity contribution is 5.82. The second-order valence-electron chi connectivity index (χ2n) is 5.05. The number of rotatable bonds is 2. The summed E-state index contributed by atoms with van der Waals surface area (Å²) in [4.78, 5) is 15.6. The molecular formula is C14H20FN3O. The van der Waals surface area contributed by atoms with E-state index in [2.05, 4.69) is 0 Å². The van der Waals surface area contributed by atoms with Crippen molar-refractivity contribution in [2.24, 2.45) is 5.73 Å². The van der Waals surface area contributed by atoms with Gasteiger partial charge in [-0.15, -0.1) is 0 Å². The van der Waals surface area contributed by atoms with Crippen LogP contribution in [0.4, 0.5) is 10.1 Å². The highest BCUT2D eigenvalue weighted by Crippen LogP contribution is 2.28. The molecule has 1 aromatic carbocycles. The Morgan fingerprint density at radius 1 is 1.37 bits per heavy atom. The number of nitrogens with two attached hydrogens (primary N) is 1. The van der Waals surface area contributed by atoms with Gasteiger partial charge in [0.2, 0.25) is 5.91 Å². The molecule has 5 heteroatoms. The number of carbonyl (C=O) groups excluding carboxylic acids is 1. The highest BCUT2D eigenvalue weighted by atomic mass is 19.1. The van der Waals surface area contributed by atoms with Gasteiger partial charge in [0.15, 0.2) is 0 Å². The SMILES string of the molecule is CC(N)c1c(F)cccc1N1CCCN(C)C(=O)C1. The average Bonchev–Trinajstić information content (AvgIpc) is 2.51. The second kappa shape index (κ2) is 5.57. The number of benzene rings is 1. The summed E-state index contributed by atoms with van der Waals surface area (Å²) in [6.45, 7) is 3.50. The topological polar surface area (TPSA) is 49.6 Å². The lowest BCUT2D eigenvalue weighted by Crippen LogP contribution is -2.35. The molecule has 1 atom stereocenters. The van der Waals surface area contributed by atoms with E-state index in [-0.39, 0.29) is 18.3 Å². The van der Waals surface area contributed by atoms with Crippen molar-refractivity contribution >= 4 is 11.6 Å². The molecule has 0 aromatic heterocycles. The van der Waals surface area contributed by atoms with Gasteiger partial charge in [0.25, 0.3) is 0 Å². The van der Waals surface area contributed by atoms with Crippen LogP contribution in [0, 0.1) is 5.82 Å². The summed E-state index contributed by atoms with van der Waals surface area (Å²) in [7, 11) is 1.80. The molecule has 2 N–H and O–H groups in total. The molecule has 1 aliphatic rings. The first-order valence-corrected chi connectivity index (χ1v) is 6.53. The molecule has 1 saturated heterocycles. The summed E-state index contributed by atoms with van der Waals surface area (Å²) >= 11 is 0. The molecule has 0 spiro atoms. The van der Waals surface area contributed by atoms with Crippen molar-refractivity contribution < 1.29 is 9.18 Å². The molecule has 1 unspecified atom stereocenters. The van der Waals surface area contributed by atoms with Crippen LogP contribution in [0.25, 0.3) is 0 Å². The van der Waals surface area contributed by atoms with Gasteiger partial charge in [-0.2, -0.15) is 0 Å². The van der Waals surface area contributed by atoms with Gasteiger partial charge in [-0.1, -0.05) is 6.07 Å². The zero-order chi connectivity index (χ0) is 14.0. The van der Waals surface area contributed by atoms with Crippen LogP contribution in [0.5, 0.6) is 0 Å². The third kappa shape index (κ3) is 2.87. The van der Waals surface area contributed by atoms with Crippen molar-refractivity contribution in [3.05, 3.63) is 29.6 Å². The first kappa shape index (κ1) is 13.8. The normalized spacial score (nSPS) is 18.4. The van der Waals surface area contributed by atoms with Crippen LogP contribution < -0.4 is 10.6 Å². The van der Waals surface area contributed by atoms with Crippen molar-refractivity contribution in [2.75, 3.05) is 31.6 Å². The Balaban J connectivity index is 2.36. The molecule has 1 aromatic rings. The van der Waals surface area contributed by atoms with Crippen molar-refractivity contribution in [3.8, 4) is 0 Å². The van der Waals surface area contributed by atoms with Crippen LogP contribution in [-0.2, 0) is 4.79 Å². The molecule has 0 saturated carbocycles. The van der Waals surface area contributed by atoms with Crippen LogP contribution in [0.3, 0.4) is 0 Å². The van der Waals surface area contributed by atoms with Gasteiger partial charge in [-0.05, 0) is 25.5 Å². The van der Waals surface area contributed by atoms with E-state index in [1.165, 1.54) is 6.07 Å². The van der Waals surface area contributed by atoms with E-state index in [0.717, 1.165) is 25.2 Å². The minimum absolute atomic E-state index is 0.0531. The van der Waals surface area contributed by atoms with Crippen molar-refractivity contribution in [1.82, 2.24) is 4.90 Å². The predicted molar refractivity (Wildman–Crippen MR) is 73.5 cm³/mol. The van der Waals surface area contributed by atoms with Crippen LogP contribution in [-0.4, -0.2) is 37.5 Å². The van der Waals surface area contributed by atoms with E-state index < -0.39 is 6.04 Å². The minimum Gasteiger partial charge on any atom is -0.362 e. The number of carbonyl (C=O) groups is 1. The lowest BCUT2D eigenvalue weighted by molar-refractivity contribution is -0.127. The van der Waals surface area contributed by atoms with Crippen molar-refractivity contribution in [3.63, 3.8) is 0 Å². The molecule has 1 amide bonds. The maximum atomic E-state index is 13.9. The maximum Gasteiger partial charge on any atom is 0.241 e. The average molecular weight is 265 g/mol. The lowest BCUT2D eigenvalue weighted by Gasteiger charge is -2.26. The molecule has 0 aliphatic carbocycles. The number of hydrogen-bond acceptors (Lipinski definition) is 3. The standard InChI is InChI=1S/C14H20FN3O/c1-10(16)14-11(15)5-3-6-12(14)18-8-4-7-17(2)13(19)9-18/h3,5-6,10H,4,7-9,16H2,1-2H3. The molecule has 4 nitrogen and oxygen atoms in total. The third-order valence-corrected chi connectivity index (χ3v) is 3.50. The second-order valence-corrected chi connectivity index (χ2v) is 5.05. The monoisotopic (exact) mass is 265 g/mol. The molecule has 19 heavy (non-hydrogen) atoms. The smallest absolute Gasteiger partial charge is 0.241 e. The third-order valence-electron chi connectivity index (χ3n) is 3.50. The van der Waals surface area contributed by atoms with Crippen molar-refractivity contribution in [2.45, 2.75) is 19.4 Å². The van der Waals surface area contributed by atoms with Gasteiger partial charge >= 0.3 is 0 Å². The Kier molecular flexibility index (Phi) is 4.04. The van der Waals surface area contributed by atoms with E-state index >= 15 is 0 Å². The Morgan fingerprint density at radius 3 is 2.79 bits per heavy atom. The largest absolute Gasteiger partial charge is 0.362 e. The number of anilines is 1. The predicted octanol–water partition coefficient (Wildman–Crippen LogP) is 1.51. The van der Waals surface area contributed by atoms with Crippen LogP contribution in [0.15, 0.2) is 18.2 Å². The summed E-state index contributed by atoms with van der Waals surface area (Å²) in [5, 5.41) is 0. The molecule has 1 fully saturated rings. The van der Waals surface area contributed by atoms with Crippen LogP contribution >= 0.6 is 0 Å². The fourth-order valence-electron chi connectivity index (χ4n) is 2.44. The Bertz CT molecular complexity index is 476. The van der Waals surface area contributed by atoms with Crippen LogP contribution in [0.1, 0.15) is 24.9 Å². The van der Waals surface area contributed by atoms with Gasteiger partial charge in [-0.3, -0.25) is 4.79 Å². The zero-order valence-electron chi connectivity index (χ0n) is 11.4. The number of likely N-dealkylation sites (N-methyl/N-ethyl adjacent to an activating group) is 1. The maximum absolute atomic E-state index is 13.9. The number of hydrogen-bond donors (Lipinski definition) is 1. The summed E-state index contributed by atoms with van der Waals surface area (Å²) in [6, 6.07) is 4.51. The summed E-state index contributed by atoms with van der Waals surface area (Å²) < 4.78 is 13.9. The molecule has 0 bridgehead atoms. The van der Waals surface area contributed by atoms with Gasteiger partial charge < -0.3 is 15.5 Å². The number of halogens is 1. The fourth-order valence-corrected chi connectivity index (χ4v) is 2.44. The lowest BCUT2D eigenvalue weighted by atomic mass is 10.0. The Labute approximate surface area is 113 Å². The molecule has 2 rings (SSSR count). The number of amides is 1. The van der Waals surface area contributed by atoms with Crippen LogP contribution in [0.2, 0.25) is 0 Å². The van der Waals surface area contributed by atoms with E-state index in [4.69, 9.17) is 5.73 Å². The number of nitrogens with zero attached hydrogens (tertiary/aromatic N) is 2. The summed E-state index contributed by atoms with van der Waals surface area (Å²) in [5.74, 6) is -0.255. The van der Waals surface area contributed by atoms with Crippen molar-refractivity contribution in [1.29, 1.82) is 0 Å². The minimum atomic E-state index is -0.396. The fraction of sp³-hybridized carbons (Fsp3) is 0.500. The summed E-state index contributed by atoms with van der Waals surface area (Å²) in [5.41, 5.74) is 7.08. The molecule has 0 radical (unpaired) electrons. The first-order chi connectivity index (χ1) is 9.00.